The van der Waals surface area contributed by atoms with Crippen molar-refractivity contribution in [2.24, 2.45) is 0 Å². The topological polar surface area (TPSA) is 119 Å². The van der Waals surface area contributed by atoms with E-state index in [4.69, 9.17) is 0 Å². The second-order valence-corrected chi connectivity index (χ2v) is 6.42. The van der Waals surface area contributed by atoms with Crippen molar-refractivity contribution in [1.29, 1.82) is 0 Å². The van der Waals surface area contributed by atoms with Crippen molar-refractivity contribution in [3.63, 3.8) is 0 Å². The summed E-state index contributed by atoms with van der Waals surface area (Å²) in [6.45, 7) is 0. The maximum absolute atomic E-state index is 12.2. The number of carbonyl (C=O) groups is 2. The lowest BCUT2D eigenvalue weighted by atomic mass is 10.1. The first kappa shape index (κ1) is 19.8. The average molecular weight is 392 g/mol. The number of phenols is 3. The van der Waals surface area contributed by atoms with Gasteiger partial charge in [0.15, 0.2) is 11.5 Å². The normalized spacial score (nSPS) is 10.3. The largest absolute Gasteiger partial charge is 0.507 e. The summed E-state index contributed by atoms with van der Waals surface area (Å²) in [5.41, 5.74) is 2.07. The van der Waals surface area contributed by atoms with Gasteiger partial charge in [-0.25, -0.2) is 0 Å². The molecular weight excluding hydrogens is 372 g/mol. The van der Waals surface area contributed by atoms with Gasteiger partial charge < -0.3 is 26.0 Å². The molecule has 29 heavy (non-hydrogen) atoms. The molecule has 0 bridgehead atoms. The lowest BCUT2D eigenvalue weighted by Crippen LogP contribution is -2.13. The molecule has 0 saturated carbocycles. The predicted octanol–water partition coefficient (Wildman–Crippen LogP) is 3.63. The monoisotopic (exact) mass is 392 g/mol. The van der Waals surface area contributed by atoms with Gasteiger partial charge in [-0.15, -0.1) is 0 Å². The molecule has 5 N–H and O–H groups in total. The molecule has 0 aromatic heterocycles. The predicted molar refractivity (Wildman–Crippen MR) is 109 cm³/mol. The first-order chi connectivity index (χ1) is 13.9. The van der Waals surface area contributed by atoms with E-state index in [1.807, 2.05) is 0 Å². The Balaban J connectivity index is 1.52. The Morgan fingerprint density at radius 2 is 1.41 bits per heavy atom. The Labute approximate surface area is 167 Å². The summed E-state index contributed by atoms with van der Waals surface area (Å²) in [6, 6.07) is 17.4. The standard InChI is InChI=1S/C22H20N2O5/c25-18-4-2-1-3-17(18)22(29)24-15-8-5-14(6-9-15)7-12-21(28)23-16-10-11-19(26)20(27)13-16/h1-6,8-11,13,25-27H,7,12H2,(H,23,28)(H,24,29). The number of aryl methyl sites for hydroxylation is 1. The molecule has 7 nitrogen and oxygen atoms in total. The fraction of sp³-hybridized carbons (Fsp3) is 0.0909. The number of para-hydroxylation sites is 1. The molecule has 0 radical (unpaired) electrons. The first-order valence-electron chi connectivity index (χ1n) is 8.92. The molecule has 0 unspecified atom stereocenters. The zero-order chi connectivity index (χ0) is 20.8. The molecule has 0 spiro atoms. The molecule has 7 heteroatoms. The van der Waals surface area contributed by atoms with E-state index < -0.39 is 5.91 Å². The van der Waals surface area contributed by atoms with Gasteiger partial charge in [0.2, 0.25) is 5.91 Å². The van der Waals surface area contributed by atoms with Gasteiger partial charge in [0.25, 0.3) is 5.91 Å². The maximum atomic E-state index is 12.2. The van der Waals surface area contributed by atoms with Crippen LogP contribution in [0.25, 0.3) is 0 Å². The van der Waals surface area contributed by atoms with E-state index >= 15 is 0 Å². The first-order valence-corrected chi connectivity index (χ1v) is 8.92. The van der Waals surface area contributed by atoms with Crippen LogP contribution in [0.1, 0.15) is 22.3 Å². The Morgan fingerprint density at radius 3 is 2.10 bits per heavy atom. The van der Waals surface area contributed by atoms with Gasteiger partial charge in [-0.2, -0.15) is 0 Å². The van der Waals surface area contributed by atoms with Crippen LogP contribution in [0.2, 0.25) is 0 Å². The summed E-state index contributed by atoms with van der Waals surface area (Å²) in [5.74, 6) is -1.28. The molecule has 3 rings (SSSR count). The number of aromatic hydroxyl groups is 3. The molecular formula is C22H20N2O5. The van der Waals surface area contributed by atoms with Gasteiger partial charge in [-0.05, 0) is 48.4 Å². The molecule has 0 fully saturated rings. The van der Waals surface area contributed by atoms with Gasteiger partial charge in [0.05, 0.1) is 5.56 Å². The summed E-state index contributed by atoms with van der Waals surface area (Å²) >= 11 is 0. The highest BCUT2D eigenvalue weighted by Gasteiger charge is 2.10. The molecule has 0 aliphatic rings. The Morgan fingerprint density at radius 1 is 0.724 bits per heavy atom. The zero-order valence-electron chi connectivity index (χ0n) is 15.4. The third kappa shape index (κ3) is 5.26. The quantitative estimate of drug-likeness (QED) is 0.324. The minimum atomic E-state index is -0.410. The van der Waals surface area contributed by atoms with Crippen LogP contribution >= 0.6 is 0 Å². The number of hydrogen-bond donors (Lipinski definition) is 5. The highest BCUT2D eigenvalue weighted by atomic mass is 16.3. The van der Waals surface area contributed by atoms with E-state index in [1.165, 1.54) is 30.3 Å². The summed E-state index contributed by atoms with van der Waals surface area (Å²) in [7, 11) is 0. The highest BCUT2D eigenvalue weighted by Crippen LogP contribution is 2.27. The van der Waals surface area contributed by atoms with Gasteiger partial charge >= 0.3 is 0 Å². The van der Waals surface area contributed by atoms with Gasteiger partial charge in [0, 0.05) is 23.9 Å². The summed E-state index contributed by atoms with van der Waals surface area (Å²) in [6.07, 6.45) is 0.717. The summed E-state index contributed by atoms with van der Waals surface area (Å²) in [4.78, 5) is 24.2. The van der Waals surface area contributed by atoms with Crippen LogP contribution in [0.15, 0.2) is 66.7 Å². The van der Waals surface area contributed by atoms with E-state index in [2.05, 4.69) is 10.6 Å². The van der Waals surface area contributed by atoms with Gasteiger partial charge in [0.1, 0.15) is 5.75 Å². The van der Waals surface area contributed by atoms with E-state index in [0.29, 0.717) is 17.8 Å². The van der Waals surface area contributed by atoms with Crippen LogP contribution in [0.4, 0.5) is 11.4 Å². The van der Waals surface area contributed by atoms with Crippen molar-refractivity contribution >= 4 is 23.2 Å². The van der Waals surface area contributed by atoms with Gasteiger partial charge in [-0.1, -0.05) is 24.3 Å². The minimum absolute atomic E-state index is 0.0884. The molecule has 0 aliphatic carbocycles. The number of carbonyl (C=O) groups excluding carboxylic acids is 2. The van der Waals surface area contributed by atoms with E-state index in [0.717, 1.165) is 5.56 Å². The zero-order valence-corrected chi connectivity index (χ0v) is 15.4. The molecule has 0 atom stereocenters. The lowest BCUT2D eigenvalue weighted by Gasteiger charge is -2.08. The van der Waals surface area contributed by atoms with Crippen molar-refractivity contribution in [1.82, 2.24) is 0 Å². The van der Waals surface area contributed by atoms with Crippen LogP contribution in [-0.4, -0.2) is 27.1 Å². The van der Waals surface area contributed by atoms with Crippen LogP contribution in [0, 0.1) is 0 Å². The number of rotatable bonds is 6. The third-order valence-corrected chi connectivity index (χ3v) is 4.26. The van der Waals surface area contributed by atoms with Crippen molar-refractivity contribution in [2.45, 2.75) is 12.8 Å². The van der Waals surface area contributed by atoms with E-state index in [9.17, 15) is 24.9 Å². The van der Waals surface area contributed by atoms with E-state index in [-0.39, 0.29) is 35.1 Å². The average Bonchev–Trinajstić information content (AvgIpc) is 2.70. The number of anilines is 2. The maximum Gasteiger partial charge on any atom is 0.259 e. The number of hydrogen-bond acceptors (Lipinski definition) is 5. The number of amides is 2. The summed E-state index contributed by atoms with van der Waals surface area (Å²) < 4.78 is 0. The van der Waals surface area contributed by atoms with Crippen molar-refractivity contribution in [3.05, 3.63) is 77.9 Å². The SMILES string of the molecule is O=C(CCc1ccc(NC(=O)c2ccccc2O)cc1)Nc1ccc(O)c(O)c1. The lowest BCUT2D eigenvalue weighted by molar-refractivity contribution is -0.116. The smallest absolute Gasteiger partial charge is 0.259 e. The van der Waals surface area contributed by atoms with Crippen molar-refractivity contribution in [3.8, 4) is 17.2 Å². The van der Waals surface area contributed by atoms with Crippen LogP contribution in [0.5, 0.6) is 17.2 Å². The van der Waals surface area contributed by atoms with E-state index in [1.54, 1.807) is 36.4 Å². The third-order valence-electron chi connectivity index (χ3n) is 4.26. The molecule has 148 valence electrons. The Bertz CT molecular complexity index is 1030. The molecule has 3 aromatic carbocycles. The van der Waals surface area contributed by atoms with Crippen molar-refractivity contribution < 1.29 is 24.9 Å². The Hall–Kier alpha value is -4.00. The Kier molecular flexibility index (Phi) is 5.99. The van der Waals surface area contributed by atoms with Gasteiger partial charge in [-0.3, -0.25) is 9.59 Å². The molecule has 2 amide bonds. The molecule has 0 saturated heterocycles. The summed E-state index contributed by atoms with van der Waals surface area (Å²) in [5, 5.41) is 33.8. The number of benzene rings is 3. The van der Waals surface area contributed by atoms with Crippen molar-refractivity contribution in [2.75, 3.05) is 10.6 Å². The minimum Gasteiger partial charge on any atom is -0.507 e. The molecule has 0 heterocycles. The van der Waals surface area contributed by atoms with Crippen LogP contribution in [-0.2, 0) is 11.2 Å². The number of nitrogens with one attached hydrogen (secondary N) is 2. The molecule has 0 aliphatic heterocycles. The highest BCUT2D eigenvalue weighted by molar-refractivity contribution is 6.06. The fourth-order valence-electron chi connectivity index (χ4n) is 2.70. The fourth-order valence-corrected chi connectivity index (χ4v) is 2.70. The molecule has 3 aromatic rings. The second kappa shape index (κ2) is 8.79. The van der Waals surface area contributed by atoms with Crippen LogP contribution < -0.4 is 10.6 Å². The number of phenolic OH excluding ortho intramolecular Hbond substituents is 3. The second-order valence-electron chi connectivity index (χ2n) is 6.42. The van der Waals surface area contributed by atoms with Crippen LogP contribution in [0.3, 0.4) is 0 Å².